The van der Waals surface area contributed by atoms with Crippen LogP contribution in [0.4, 0.5) is 11.4 Å². The Morgan fingerprint density at radius 2 is 1.60 bits per heavy atom. The molecular weight excluding hydrogens is 246 g/mol. The fraction of sp³-hybridized carbons (Fsp3) is 0.294. The van der Waals surface area contributed by atoms with Crippen LogP contribution < -0.4 is 5.73 Å². The van der Waals surface area contributed by atoms with Gasteiger partial charge in [-0.1, -0.05) is 6.07 Å². The summed E-state index contributed by atoms with van der Waals surface area (Å²) in [5.74, 6) is 0. The molecule has 0 saturated carbocycles. The second kappa shape index (κ2) is 5.45. The zero-order chi connectivity index (χ0) is 14.9. The van der Waals surface area contributed by atoms with Gasteiger partial charge in [-0.2, -0.15) is 0 Å². The fourth-order valence-electron chi connectivity index (χ4n) is 2.29. The van der Waals surface area contributed by atoms with Crippen LogP contribution in [0.15, 0.2) is 29.4 Å². The number of hydrogen-bond donors (Lipinski definition) is 1. The van der Waals surface area contributed by atoms with Crippen LogP contribution in [-0.2, 0) is 0 Å². The molecule has 0 saturated heterocycles. The van der Waals surface area contributed by atoms with Crippen molar-refractivity contribution in [1.29, 1.82) is 0 Å². The molecule has 2 rings (SSSR count). The number of aliphatic imine (C=N–C) groups is 1. The number of nitrogens with two attached hydrogens (primary N) is 1. The summed E-state index contributed by atoms with van der Waals surface area (Å²) in [5, 5.41) is 0. The Morgan fingerprint density at radius 3 is 2.10 bits per heavy atom. The van der Waals surface area contributed by atoms with Crippen molar-refractivity contribution in [2.75, 3.05) is 5.73 Å². The summed E-state index contributed by atoms with van der Waals surface area (Å²) in [6.07, 6.45) is 1.79. The van der Waals surface area contributed by atoms with E-state index in [0.717, 1.165) is 45.0 Å². The van der Waals surface area contributed by atoms with E-state index in [0.29, 0.717) is 0 Å². The van der Waals surface area contributed by atoms with Gasteiger partial charge in [0.25, 0.3) is 0 Å². The molecular formula is C17H21N3. The Morgan fingerprint density at radius 1 is 1.00 bits per heavy atom. The van der Waals surface area contributed by atoms with Crippen molar-refractivity contribution in [2.45, 2.75) is 34.6 Å². The molecule has 0 aliphatic carbocycles. The predicted octanol–water partition coefficient (Wildman–Crippen LogP) is 4.04. The third-order valence-corrected chi connectivity index (χ3v) is 3.96. The molecule has 0 bridgehead atoms. The molecule has 0 radical (unpaired) electrons. The normalized spacial score (nSPS) is 11.8. The number of pyridine rings is 1. The van der Waals surface area contributed by atoms with Gasteiger partial charge in [0.2, 0.25) is 0 Å². The van der Waals surface area contributed by atoms with E-state index in [9.17, 15) is 0 Å². The Hall–Kier alpha value is -2.16. The fourth-order valence-corrected chi connectivity index (χ4v) is 2.29. The highest BCUT2D eigenvalue weighted by molar-refractivity contribution is 5.99. The molecule has 104 valence electrons. The molecule has 0 unspecified atom stereocenters. The van der Waals surface area contributed by atoms with Gasteiger partial charge in [0.1, 0.15) is 0 Å². The number of hydrogen-bond acceptors (Lipinski definition) is 3. The van der Waals surface area contributed by atoms with Gasteiger partial charge in [-0.15, -0.1) is 0 Å². The third kappa shape index (κ3) is 2.44. The van der Waals surface area contributed by atoms with Crippen molar-refractivity contribution in [2.24, 2.45) is 4.99 Å². The number of aromatic nitrogens is 1. The molecule has 2 aromatic rings. The summed E-state index contributed by atoms with van der Waals surface area (Å²) < 4.78 is 0. The lowest BCUT2D eigenvalue weighted by atomic mass is 9.96. The zero-order valence-corrected chi connectivity index (χ0v) is 12.8. The van der Waals surface area contributed by atoms with Crippen molar-refractivity contribution >= 4 is 17.1 Å². The van der Waals surface area contributed by atoms with E-state index in [1.54, 1.807) is 6.20 Å². The molecule has 0 aliphatic rings. The van der Waals surface area contributed by atoms with Crippen LogP contribution >= 0.6 is 0 Å². The molecule has 0 amide bonds. The molecule has 0 spiro atoms. The molecule has 1 aromatic carbocycles. The summed E-state index contributed by atoms with van der Waals surface area (Å²) in [6, 6.07) is 5.85. The van der Waals surface area contributed by atoms with Crippen molar-refractivity contribution in [3.63, 3.8) is 0 Å². The Balaban J connectivity index is 2.60. The van der Waals surface area contributed by atoms with Crippen LogP contribution in [0.3, 0.4) is 0 Å². The first-order chi connectivity index (χ1) is 9.43. The van der Waals surface area contributed by atoms with Crippen LogP contribution in [0, 0.1) is 27.7 Å². The smallest absolute Gasteiger partial charge is 0.0841 e. The molecule has 3 heteroatoms. The van der Waals surface area contributed by atoms with Gasteiger partial charge >= 0.3 is 0 Å². The van der Waals surface area contributed by atoms with Crippen molar-refractivity contribution in [1.82, 2.24) is 4.98 Å². The molecule has 0 aliphatic heterocycles. The van der Waals surface area contributed by atoms with Crippen molar-refractivity contribution in [3.8, 4) is 0 Å². The Bertz CT molecular complexity index is 641. The highest BCUT2D eigenvalue weighted by atomic mass is 14.8. The maximum absolute atomic E-state index is 6.13. The minimum atomic E-state index is 0.870. The van der Waals surface area contributed by atoms with E-state index in [-0.39, 0.29) is 0 Å². The third-order valence-electron chi connectivity index (χ3n) is 3.96. The number of anilines is 1. The van der Waals surface area contributed by atoms with Crippen LogP contribution in [0.25, 0.3) is 0 Å². The first kappa shape index (κ1) is 14.3. The van der Waals surface area contributed by atoms with Gasteiger partial charge in [-0.3, -0.25) is 9.98 Å². The van der Waals surface area contributed by atoms with E-state index < -0.39 is 0 Å². The number of benzene rings is 1. The highest BCUT2D eigenvalue weighted by Crippen LogP contribution is 2.34. The van der Waals surface area contributed by atoms with E-state index >= 15 is 0 Å². The first-order valence-electron chi connectivity index (χ1n) is 6.76. The van der Waals surface area contributed by atoms with Crippen LogP contribution in [0.2, 0.25) is 0 Å². The average molecular weight is 267 g/mol. The molecule has 20 heavy (non-hydrogen) atoms. The van der Waals surface area contributed by atoms with Gasteiger partial charge in [-0.05, 0) is 69.0 Å². The van der Waals surface area contributed by atoms with Crippen LogP contribution in [0.5, 0.6) is 0 Å². The molecule has 1 aromatic heterocycles. The molecule has 1 heterocycles. The van der Waals surface area contributed by atoms with Crippen molar-refractivity contribution < 1.29 is 0 Å². The molecule has 0 fully saturated rings. The monoisotopic (exact) mass is 267 g/mol. The molecule has 0 atom stereocenters. The molecule has 3 nitrogen and oxygen atoms in total. The Kier molecular flexibility index (Phi) is 3.89. The number of rotatable bonds is 2. The van der Waals surface area contributed by atoms with Crippen molar-refractivity contribution in [3.05, 3.63) is 52.3 Å². The largest absolute Gasteiger partial charge is 0.398 e. The minimum Gasteiger partial charge on any atom is -0.398 e. The molecule has 2 N–H and O–H groups in total. The van der Waals surface area contributed by atoms with Gasteiger partial charge in [0.15, 0.2) is 0 Å². The van der Waals surface area contributed by atoms with E-state index in [2.05, 4.69) is 18.8 Å². The summed E-state index contributed by atoms with van der Waals surface area (Å²) >= 11 is 0. The van der Waals surface area contributed by atoms with E-state index in [1.807, 2.05) is 39.0 Å². The second-order valence-electron chi connectivity index (χ2n) is 5.17. The highest BCUT2D eigenvalue weighted by Gasteiger charge is 2.12. The lowest BCUT2D eigenvalue weighted by molar-refractivity contribution is 1.21. The lowest BCUT2D eigenvalue weighted by Crippen LogP contribution is -2.02. The summed E-state index contributed by atoms with van der Waals surface area (Å²) in [5.41, 5.74) is 14.3. The van der Waals surface area contributed by atoms with E-state index in [4.69, 9.17) is 10.7 Å². The lowest BCUT2D eigenvalue weighted by Gasteiger charge is -2.16. The first-order valence-corrected chi connectivity index (χ1v) is 6.76. The Labute approximate surface area is 120 Å². The zero-order valence-electron chi connectivity index (χ0n) is 12.8. The minimum absolute atomic E-state index is 0.870. The second-order valence-corrected chi connectivity index (χ2v) is 5.17. The van der Waals surface area contributed by atoms with Crippen LogP contribution in [0.1, 0.15) is 34.9 Å². The predicted molar refractivity (Wildman–Crippen MR) is 85.9 cm³/mol. The van der Waals surface area contributed by atoms with E-state index in [1.165, 1.54) is 0 Å². The maximum Gasteiger partial charge on any atom is 0.0841 e. The topological polar surface area (TPSA) is 51.3 Å². The SMILES string of the molecule is CC(=Nc1c(C)c(C)c(N)c(C)c1C)c1ccccn1. The number of nitrogen functional groups attached to an aromatic ring is 1. The average Bonchev–Trinajstić information content (AvgIpc) is 2.48. The summed E-state index contributed by atoms with van der Waals surface area (Å²) in [6.45, 7) is 10.2. The van der Waals surface area contributed by atoms with Crippen LogP contribution in [-0.4, -0.2) is 10.7 Å². The van der Waals surface area contributed by atoms with Gasteiger partial charge < -0.3 is 5.73 Å². The van der Waals surface area contributed by atoms with Gasteiger partial charge in [-0.25, -0.2) is 0 Å². The standard InChI is InChI=1S/C17H21N3/c1-10-12(3)17(13(4)11(2)16(10)18)20-14(5)15-8-6-7-9-19-15/h6-9H,18H2,1-5H3. The maximum atomic E-state index is 6.13. The number of nitrogens with zero attached hydrogens (tertiary/aromatic N) is 2. The summed E-state index contributed by atoms with van der Waals surface area (Å²) in [7, 11) is 0. The quantitative estimate of drug-likeness (QED) is 0.659. The van der Waals surface area contributed by atoms with Gasteiger partial charge in [0.05, 0.1) is 17.1 Å². The van der Waals surface area contributed by atoms with Gasteiger partial charge in [0, 0.05) is 11.9 Å². The summed E-state index contributed by atoms with van der Waals surface area (Å²) in [4.78, 5) is 9.13.